The number of rotatable bonds is 6. The third kappa shape index (κ3) is 4.31. The molecule has 0 aliphatic heterocycles. The van der Waals surface area contributed by atoms with Crippen LogP contribution in [0.1, 0.15) is 23.6 Å². The SMILES string of the molecule is CCc1ccccc1NS(=O)(=O)Cc1cccc(CN)c1. The molecule has 2 rings (SSSR count). The number of benzene rings is 2. The first-order chi connectivity index (χ1) is 10.0. The molecule has 0 aliphatic rings. The standard InChI is InChI=1S/C16H20N2O2S/c1-2-15-8-3-4-9-16(15)18-21(19,20)12-14-7-5-6-13(10-14)11-17/h3-10,18H,2,11-12,17H2,1H3. The van der Waals surface area contributed by atoms with E-state index in [2.05, 4.69) is 4.72 Å². The first-order valence-corrected chi connectivity index (χ1v) is 8.55. The minimum atomic E-state index is -3.44. The van der Waals surface area contributed by atoms with Crippen molar-refractivity contribution in [2.45, 2.75) is 25.6 Å². The van der Waals surface area contributed by atoms with E-state index in [1.54, 1.807) is 12.1 Å². The summed E-state index contributed by atoms with van der Waals surface area (Å²) in [4.78, 5) is 0. The molecule has 0 spiro atoms. The minimum absolute atomic E-state index is 0.0567. The lowest BCUT2D eigenvalue weighted by Gasteiger charge is -2.12. The lowest BCUT2D eigenvalue weighted by molar-refractivity contribution is 0.600. The van der Waals surface area contributed by atoms with E-state index < -0.39 is 10.0 Å². The predicted octanol–water partition coefficient (Wildman–Crippen LogP) is 2.65. The molecule has 0 saturated heterocycles. The Bertz CT molecular complexity index is 712. The molecule has 3 N–H and O–H groups in total. The second kappa shape index (κ2) is 6.74. The number of nitrogens with one attached hydrogen (secondary N) is 1. The second-order valence-electron chi connectivity index (χ2n) is 4.90. The van der Waals surface area contributed by atoms with Gasteiger partial charge in [0.15, 0.2) is 0 Å². The Labute approximate surface area is 126 Å². The first-order valence-electron chi connectivity index (χ1n) is 6.90. The maximum absolute atomic E-state index is 12.3. The summed E-state index contributed by atoms with van der Waals surface area (Å²) in [6, 6.07) is 14.8. The Morgan fingerprint density at radius 2 is 1.76 bits per heavy atom. The summed E-state index contributed by atoms with van der Waals surface area (Å²) in [5, 5.41) is 0. The number of para-hydroxylation sites is 1. The van der Waals surface area contributed by atoms with Crippen LogP contribution in [0.2, 0.25) is 0 Å². The molecule has 0 bridgehead atoms. The van der Waals surface area contributed by atoms with Gasteiger partial charge >= 0.3 is 0 Å². The largest absolute Gasteiger partial charge is 0.326 e. The van der Waals surface area contributed by atoms with E-state index >= 15 is 0 Å². The van der Waals surface area contributed by atoms with Crippen molar-refractivity contribution in [2.75, 3.05) is 4.72 Å². The Morgan fingerprint density at radius 3 is 2.48 bits per heavy atom. The predicted molar refractivity (Wildman–Crippen MR) is 86.4 cm³/mol. The molecular formula is C16H20N2O2S. The molecule has 4 nitrogen and oxygen atoms in total. The highest BCUT2D eigenvalue weighted by Gasteiger charge is 2.13. The highest BCUT2D eigenvalue weighted by Crippen LogP contribution is 2.18. The van der Waals surface area contributed by atoms with Gasteiger partial charge in [0.25, 0.3) is 0 Å². The Morgan fingerprint density at radius 1 is 1.05 bits per heavy atom. The third-order valence-electron chi connectivity index (χ3n) is 3.25. The van der Waals surface area contributed by atoms with E-state index in [1.165, 1.54) is 0 Å². The van der Waals surface area contributed by atoms with Crippen LogP contribution in [0.15, 0.2) is 48.5 Å². The maximum Gasteiger partial charge on any atom is 0.236 e. The van der Waals surface area contributed by atoms with Crippen molar-refractivity contribution in [3.8, 4) is 0 Å². The number of sulfonamides is 1. The molecule has 0 unspecified atom stereocenters. The van der Waals surface area contributed by atoms with Crippen molar-refractivity contribution < 1.29 is 8.42 Å². The van der Waals surface area contributed by atoms with Crippen LogP contribution in [0.25, 0.3) is 0 Å². The molecule has 112 valence electrons. The molecule has 0 amide bonds. The van der Waals surface area contributed by atoms with E-state index in [0.717, 1.165) is 23.1 Å². The molecule has 5 heteroatoms. The topological polar surface area (TPSA) is 72.2 Å². The van der Waals surface area contributed by atoms with E-state index in [9.17, 15) is 8.42 Å². The summed E-state index contributed by atoms with van der Waals surface area (Å²) in [5.41, 5.74) is 8.87. The lowest BCUT2D eigenvalue weighted by Crippen LogP contribution is -2.16. The molecule has 0 aromatic heterocycles. The second-order valence-corrected chi connectivity index (χ2v) is 6.62. The van der Waals surface area contributed by atoms with Crippen LogP contribution in [-0.2, 0) is 28.7 Å². The summed E-state index contributed by atoms with van der Waals surface area (Å²) >= 11 is 0. The number of anilines is 1. The van der Waals surface area contributed by atoms with Crippen LogP contribution in [0.5, 0.6) is 0 Å². The van der Waals surface area contributed by atoms with Crippen LogP contribution in [0, 0.1) is 0 Å². The van der Waals surface area contributed by atoms with Crippen molar-refractivity contribution >= 4 is 15.7 Å². The molecule has 0 atom stereocenters. The Kier molecular flexibility index (Phi) is 4.98. The van der Waals surface area contributed by atoms with Gasteiger partial charge in [-0.25, -0.2) is 8.42 Å². The Balaban J connectivity index is 2.18. The zero-order valence-electron chi connectivity index (χ0n) is 12.0. The smallest absolute Gasteiger partial charge is 0.236 e. The van der Waals surface area contributed by atoms with Crippen molar-refractivity contribution in [2.24, 2.45) is 5.73 Å². The number of nitrogens with two attached hydrogens (primary N) is 1. The lowest BCUT2D eigenvalue weighted by atomic mass is 10.1. The Hall–Kier alpha value is -1.85. The van der Waals surface area contributed by atoms with Gasteiger partial charge in [0.1, 0.15) is 0 Å². The number of hydrogen-bond donors (Lipinski definition) is 2. The van der Waals surface area contributed by atoms with Gasteiger partial charge in [-0.2, -0.15) is 0 Å². The third-order valence-corrected chi connectivity index (χ3v) is 4.49. The van der Waals surface area contributed by atoms with Crippen molar-refractivity contribution in [3.63, 3.8) is 0 Å². The van der Waals surface area contributed by atoms with E-state index in [1.807, 2.05) is 43.3 Å². The molecule has 0 aliphatic carbocycles. The van der Waals surface area contributed by atoms with Crippen LogP contribution in [0.4, 0.5) is 5.69 Å². The molecular weight excluding hydrogens is 284 g/mol. The summed E-state index contributed by atoms with van der Waals surface area (Å²) in [6.45, 7) is 2.40. The molecule has 0 heterocycles. The summed E-state index contributed by atoms with van der Waals surface area (Å²) in [6.07, 6.45) is 0.779. The fraction of sp³-hybridized carbons (Fsp3) is 0.250. The van der Waals surface area contributed by atoms with Gasteiger partial charge in [0.05, 0.1) is 11.4 Å². The van der Waals surface area contributed by atoms with Gasteiger partial charge < -0.3 is 5.73 Å². The van der Waals surface area contributed by atoms with Crippen LogP contribution >= 0.6 is 0 Å². The van der Waals surface area contributed by atoms with E-state index in [0.29, 0.717) is 12.2 Å². The highest BCUT2D eigenvalue weighted by molar-refractivity contribution is 7.91. The molecule has 0 fully saturated rings. The number of hydrogen-bond acceptors (Lipinski definition) is 3. The summed E-state index contributed by atoms with van der Waals surface area (Å²) in [5.74, 6) is -0.0567. The van der Waals surface area contributed by atoms with Gasteiger partial charge in [0.2, 0.25) is 10.0 Å². The maximum atomic E-state index is 12.3. The van der Waals surface area contributed by atoms with Gasteiger partial charge in [-0.1, -0.05) is 49.4 Å². The zero-order chi connectivity index (χ0) is 15.3. The van der Waals surface area contributed by atoms with Gasteiger partial charge in [-0.15, -0.1) is 0 Å². The van der Waals surface area contributed by atoms with Crippen molar-refractivity contribution in [1.82, 2.24) is 0 Å². The van der Waals surface area contributed by atoms with Gasteiger partial charge in [-0.3, -0.25) is 4.72 Å². The fourth-order valence-electron chi connectivity index (χ4n) is 2.20. The molecule has 21 heavy (non-hydrogen) atoms. The van der Waals surface area contributed by atoms with E-state index in [4.69, 9.17) is 5.73 Å². The molecule has 2 aromatic carbocycles. The normalized spacial score (nSPS) is 11.3. The highest BCUT2D eigenvalue weighted by atomic mass is 32.2. The zero-order valence-corrected chi connectivity index (χ0v) is 12.9. The van der Waals surface area contributed by atoms with Crippen LogP contribution in [-0.4, -0.2) is 8.42 Å². The minimum Gasteiger partial charge on any atom is -0.326 e. The van der Waals surface area contributed by atoms with Crippen molar-refractivity contribution in [1.29, 1.82) is 0 Å². The van der Waals surface area contributed by atoms with Crippen LogP contribution in [0.3, 0.4) is 0 Å². The first kappa shape index (κ1) is 15.5. The fourth-order valence-corrected chi connectivity index (χ4v) is 3.42. The van der Waals surface area contributed by atoms with Crippen molar-refractivity contribution in [3.05, 3.63) is 65.2 Å². The van der Waals surface area contributed by atoms with Gasteiger partial charge in [-0.05, 0) is 29.2 Å². The van der Waals surface area contributed by atoms with Crippen LogP contribution < -0.4 is 10.5 Å². The van der Waals surface area contributed by atoms with Gasteiger partial charge in [0, 0.05) is 6.54 Å². The average Bonchev–Trinajstić information content (AvgIpc) is 2.47. The monoisotopic (exact) mass is 304 g/mol. The number of aryl methyl sites for hydroxylation is 1. The molecule has 0 saturated carbocycles. The summed E-state index contributed by atoms with van der Waals surface area (Å²) in [7, 11) is -3.44. The summed E-state index contributed by atoms with van der Waals surface area (Å²) < 4.78 is 27.3. The van der Waals surface area contributed by atoms with E-state index in [-0.39, 0.29) is 5.75 Å². The molecule has 2 aromatic rings. The molecule has 0 radical (unpaired) electrons. The average molecular weight is 304 g/mol. The quantitative estimate of drug-likeness (QED) is 0.861.